The number of carbonyl (C=O) groups is 1. The Balaban J connectivity index is 2.01. The van der Waals surface area contributed by atoms with Crippen molar-refractivity contribution in [1.29, 1.82) is 0 Å². The summed E-state index contributed by atoms with van der Waals surface area (Å²) < 4.78 is 0.804. The molecule has 2 rings (SSSR count). The number of rotatable bonds is 6. The molecule has 0 aromatic carbocycles. The van der Waals surface area contributed by atoms with Gasteiger partial charge in [0.05, 0.1) is 10.2 Å². The van der Waals surface area contributed by atoms with E-state index < -0.39 is 0 Å². The summed E-state index contributed by atoms with van der Waals surface area (Å²) in [5.41, 5.74) is 1.47. The molecule has 1 heterocycles. The van der Waals surface area contributed by atoms with Gasteiger partial charge in [-0.25, -0.2) is 0 Å². The van der Waals surface area contributed by atoms with Gasteiger partial charge in [-0.05, 0) is 47.0 Å². The van der Waals surface area contributed by atoms with Gasteiger partial charge in [0.25, 0.3) is 5.91 Å². The number of hydrogen-bond acceptors (Lipinski definition) is 2. The quantitative estimate of drug-likeness (QED) is 0.795. The molecule has 0 aliphatic heterocycles. The van der Waals surface area contributed by atoms with Crippen LogP contribution in [0.3, 0.4) is 0 Å². The number of amides is 1. The smallest absolute Gasteiger partial charge is 0.273 e. The number of H-pyrrole nitrogens is 1. The average molecular weight is 356 g/mol. The highest BCUT2D eigenvalue weighted by Gasteiger charge is 2.29. The van der Waals surface area contributed by atoms with Crippen LogP contribution in [0, 0.1) is 5.92 Å². The van der Waals surface area contributed by atoms with E-state index in [1.165, 1.54) is 32.1 Å². The van der Waals surface area contributed by atoms with Crippen molar-refractivity contribution in [3.63, 3.8) is 0 Å². The Kier molecular flexibility index (Phi) is 5.85. The van der Waals surface area contributed by atoms with E-state index in [0.29, 0.717) is 23.6 Å². The van der Waals surface area contributed by atoms with Gasteiger partial charge < -0.3 is 5.32 Å². The molecule has 2 atom stereocenters. The first-order chi connectivity index (χ1) is 10.0. The molecule has 2 N–H and O–H groups in total. The Bertz CT molecular complexity index is 484. The Morgan fingerprint density at radius 2 is 2.24 bits per heavy atom. The summed E-state index contributed by atoms with van der Waals surface area (Å²) in [6, 6.07) is 0.315. The fourth-order valence-corrected chi connectivity index (χ4v) is 3.97. The largest absolute Gasteiger partial charge is 0.348 e. The van der Waals surface area contributed by atoms with E-state index in [2.05, 4.69) is 52.2 Å². The molecule has 2 unspecified atom stereocenters. The van der Waals surface area contributed by atoms with Gasteiger partial charge in [0.15, 0.2) is 5.69 Å². The summed E-state index contributed by atoms with van der Waals surface area (Å²) in [5.74, 6) is 0.895. The van der Waals surface area contributed by atoms with Crippen molar-refractivity contribution in [1.82, 2.24) is 15.5 Å². The first-order valence-electron chi connectivity index (χ1n) is 8.09. The average Bonchev–Trinajstić information content (AvgIpc) is 3.03. The van der Waals surface area contributed by atoms with Crippen molar-refractivity contribution in [2.24, 2.45) is 5.92 Å². The predicted octanol–water partition coefficient (Wildman–Crippen LogP) is 4.38. The molecule has 1 aromatic heterocycles. The topological polar surface area (TPSA) is 57.8 Å². The molecule has 0 spiro atoms. The Morgan fingerprint density at radius 3 is 2.86 bits per heavy atom. The van der Waals surface area contributed by atoms with Gasteiger partial charge in [0.1, 0.15) is 0 Å². The van der Waals surface area contributed by atoms with Gasteiger partial charge in [-0.15, -0.1) is 0 Å². The minimum atomic E-state index is -0.0570. The lowest BCUT2D eigenvalue weighted by Gasteiger charge is -2.20. The van der Waals surface area contributed by atoms with E-state index in [0.717, 1.165) is 16.6 Å². The summed E-state index contributed by atoms with van der Waals surface area (Å²) >= 11 is 3.50. The van der Waals surface area contributed by atoms with Gasteiger partial charge in [0, 0.05) is 6.04 Å². The Morgan fingerprint density at radius 1 is 1.48 bits per heavy atom. The lowest BCUT2D eigenvalue weighted by atomic mass is 9.96. The lowest BCUT2D eigenvalue weighted by molar-refractivity contribution is 0.0920. The molecule has 0 radical (unpaired) electrons. The van der Waals surface area contributed by atoms with Crippen LogP contribution >= 0.6 is 15.9 Å². The minimum absolute atomic E-state index is 0.0570. The van der Waals surface area contributed by atoms with Crippen molar-refractivity contribution >= 4 is 21.8 Å². The third-order valence-electron chi connectivity index (χ3n) is 4.43. The predicted molar refractivity (Wildman–Crippen MR) is 88.5 cm³/mol. The molecule has 1 saturated carbocycles. The van der Waals surface area contributed by atoms with Crippen molar-refractivity contribution in [2.45, 2.75) is 71.3 Å². The molecule has 1 aromatic rings. The lowest BCUT2D eigenvalue weighted by Crippen LogP contribution is -2.37. The fourth-order valence-electron chi connectivity index (χ4n) is 3.15. The molecule has 0 saturated heterocycles. The fraction of sp³-hybridized carbons (Fsp3) is 0.750. The number of unbranched alkanes of at least 4 members (excludes halogenated alkanes) is 1. The maximum atomic E-state index is 12.5. The molecule has 1 fully saturated rings. The molecule has 0 bridgehead atoms. The van der Waals surface area contributed by atoms with Gasteiger partial charge in [-0.2, -0.15) is 5.10 Å². The first-order valence-corrected chi connectivity index (χ1v) is 8.88. The van der Waals surface area contributed by atoms with Crippen molar-refractivity contribution in [2.75, 3.05) is 0 Å². The van der Waals surface area contributed by atoms with Gasteiger partial charge in [0.2, 0.25) is 0 Å². The summed E-state index contributed by atoms with van der Waals surface area (Å²) in [6.45, 7) is 6.38. The summed E-state index contributed by atoms with van der Waals surface area (Å²) in [7, 11) is 0. The van der Waals surface area contributed by atoms with Gasteiger partial charge >= 0.3 is 0 Å². The van der Waals surface area contributed by atoms with Crippen LogP contribution in [0.1, 0.15) is 81.4 Å². The summed E-state index contributed by atoms with van der Waals surface area (Å²) in [5, 5.41) is 10.3. The molecule has 1 aliphatic carbocycles. The summed E-state index contributed by atoms with van der Waals surface area (Å²) in [6.07, 6.45) is 7.25. The molecule has 4 nitrogen and oxygen atoms in total. The maximum Gasteiger partial charge on any atom is 0.273 e. The molecule has 118 valence electrons. The second kappa shape index (κ2) is 7.43. The van der Waals surface area contributed by atoms with Crippen LogP contribution in [0.2, 0.25) is 0 Å². The van der Waals surface area contributed by atoms with Crippen LogP contribution < -0.4 is 5.32 Å². The van der Waals surface area contributed by atoms with Crippen LogP contribution in [0.25, 0.3) is 0 Å². The van der Waals surface area contributed by atoms with E-state index in [1.807, 2.05) is 0 Å². The minimum Gasteiger partial charge on any atom is -0.348 e. The zero-order chi connectivity index (χ0) is 15.4. The van der Waals surface area contributed by atoms with E-state index >= 15 is 0 Å². The highest BCUT2D eigenvalue weighted by atomic mass is 79.9. The number of aromatic nitrogens is 2. The molecular weight excluding hydrogens is 330 g/mol. The molecule has 5 heteroatoms. The zero-order valence-electron chi connectivity index (χ0n) is 13.2. The number of carbonyl (C=O) groups excluding carboxylic acids is 1. The van der Waals surface area contributed by atoms with E-state index in [-0.39, 0.29) is 5.91 Å². The maximum absolute atomic E-state index is 12.5. The molecule has 1 amide bonds. The normalized spacial score (nSPS) is 22.0. The number of nitrogens with zero attached hydrogens (tertiary/aromatic N) is 1. The number of nitrogens with one attached hydrogen (secondary N) is 2. The van der Waals surface area contributed by atoms with Crippen LogP contribution in [0.4, 0.5) is 0 Å². The monoisotopic (exact) mass is 355 g/mol. The highest BCUT2D eigenvalue weighted by Crippen LogP contribution is 2.31. The third kappa shape index (κ3) is 3.87. The third-order valence-corrected chi connectivity index (χ3v) is 5.23. The van der Waals surface area contributed by atoms with Crippen LogP contribution in [0.15, 0.2) is 4.47 Å². The zero-order valence-corrected chi connectivity index (χ0v) is 14.8. The van der Waals surface area contributed by atoms with E-state index in [9.17, 15) is 4.79 Å². The van der Waals surface area contributed by atoms with Crippen molar-refractivity contribution in [3.8, 4) is 0 Å². The molecule has 1 aliphatic rings. The standard InChI is InChI=1S/C16H26BrN3O/c1-4-5-7-11-8-6-9-12(11)18-16(21)15-13(17)14(10(2)3)19-20-15/h10-12H,4-9H2,1-3H3,(H,18,21)(H,19,20). The van der Waals surface area contributed by atoms with E-state index in [4.69, 9.17) is 0 Å². The number of hydrogen-bond donors (Lipinski definition) is 2. The SMILES string of the molecule is CCCCC1CCCC1NC(=O)c1n[nH]c(C(C)C)c1Br. The van der Waals surface area contributed by atoms with Crippen LogP contribution in [-0.2, 0) is 0 Å². The van der Waals surface area contributed by atoms with Crippen LogP contribution in [0.5, 0.6) is 0 Å². The van der Waals surface area contributed by atoms with Crippen LogP contribution in [-0.4, -0.2) is 22.1 Å². The Hall–Kier alpha value is -0.840. The van der Waals surface area contributed by atoms with Crippen molar-refractivity contribution in [3.05, 3.63) is 15.9 Å². The van der Waals surface area contributed by atoms with Gasteiger partial charge in [-0.3, -0.25) is 9.89 Å². The van der Waals surface area contributed by atoms with Crippen molar-refractivity contribution < 1.29 is 4.79 Å². The Labute approximate surface area is 135 Å². The molecule has 21 heavy (non-hydrogen) atoms. The summed E-state index contributed by atoms with van der Waals surface area (Å²) in [4.78, 5) is 12.5. The van der Waals surface area contributed by atoms with E-state index in [1.54, 1.807) is 0 Å². The second-order valence-electron chi connectivity index (χ2n) is 6.37. The number of halogens is 1. The first kappa shape index (κ1) is 16.5. The second-order valence-corrected chi connectivity index (χ2v) is 7.16. The highest BCUT2D eigenvalue weighted by molar-refractivity contribution is 9.10. The van der Waals surface area contributed by atoms with Gasteiger partial charge in [-0.1, -0.05) is 40.0 Å². The molecular formula is C16H26BrN3O. The number of aromatic amines is 1.